The summed E-state index contributed by atoms with van der Waals surface area (Å²) in [5, 5.41) is 9.70. The molecule has 0 aromatic carbocycles. The summed E-state index contributed by atoms with van der Waals surface area (Å²) in [5.74, 6) is 1.73. The molecule has 2 aliphatic rings. The molecule has 18 heavy (non-hydrogen) atoms. The molecule has 1 N–H and O–H groups in total. The van der Waals surface area contributed by atoms with Crippen molar-refractivity contribution in [3.8, 4) is 0 Å². The average molecular weight is 265 g/mol. The third-order valence-corrected chi connectivity index (χ3v) is 5.32. The Morgan fingerprint density at radius 3 is 2.94 bits per heavy atom. The number of likely N-dealkylation sites (tertiary alicyclic amines) is 1. The van der Waals surface area contributed by atoms with Gasteiger partial charge in [0.15, 0.2) is 0 Å². The number of aromatic nitrogens is 2. The molecule has 1 aliphatic carbocycles. The fourth-order valence-corrected chi connectivity index (χ4v) is 4.26. The standard InChI is InChI=1S/C14H23N3S/c1-9(2)18-14-12-6-11-8-17(3)5-4-10(11)7-13(12)15-16-14/h9-11H,4-8H2,1-3H3,(H,15,16). The Morgan fingerprint density at radius 1 is 1.33 bits per heavy atom. The Labute approximate surface area is 114 Å². The highest BCUT2D eigenvalue weighted by Gasteiger charge is 2.34. The molecule has 100 valence electrons. The number of rotatable bonds is 2. The van der Waals surface area contributed by atoms with Crippen LogP contribution in [0.3, 0.4) is 0 Å². The van der Waals surface area contributed by atoms with Crippen LogP contribution in [-0.4, -0.2) is 40.5 Å². The minimum Gasteiger partial charge on any atom is -0.306 e. The molecule has 1 aromatic rings. The molecule has 2 unspecified atom stereocenters. The van der Waals surface area contributed by atoms with Crippen molar-refractivity contribution in [2.45, 2.75) is 43.4 Å². The molecule has 1 saturated heterocycles. The van der Waals surface area contributed by atoms with Gasteiger partial charge in [0.2, 0.25) is 0 Å². The lowest BCUT2D eigenvalue weighted by atomic mass is 9.74. The molecule has 3 rings (SSSR count). The van der Waals surface area contributed by atoms with Gasteiger partial charge >= 0.3 is 0 Å². The van der Waals surface area contributed by atoms with Crippen LogP contribution in [0.25, 0.3) is 0 Å². The van der Waals surface area contributed by atoms with Gasteiger partial charge in [-0.3, -0.25) is 5.10 Å². The monoisotopic (exact) mass is 265 g/mol. The third kappa shape index (κ3) is 2.32. The van der Waals surface area contributed by atoms with Gasteiger partial charge in [-0.15, -0.1) is 11.8 Å². The number of hydrogen-bond donors (Lipinski definition) is 1. The first-order valence-corrected chi connectivity index (χ1v) is 7.92. The normalized spacial score (nSPS) is 28.2. The van der Waals surface area contributed by atoms with E-state index in [-0.39, 0.29) is 0 Å². The maximum Gasteiger partial charge on any atom is 0.122 e. The van der Waals surface area contributed by atoms with Crippen LogP contribution in [0.1, 0.15) is 31.5 Å². The maximum absolute atomic E-state index is 4.54. The number of aromatic amines is 1. The van der Waals surface area contributed by atoms with Gasteiger partial charge in [-0.1, -0.05) is 13.8 Å². The van der Waals surface area contributed by atoms with Crippen molar-refractivity contribution in [2.75, 3.05) is 20.1 Å². The summed E-state index contributed by atoms with van der Waals surface area (Å²) in [6.45, 7) is 7.01. The second kappa shape index (κ2) is 4.89. The molecule has 0 amide bonds. The Morgan fingerprint density at radius 2 is 2.17 bits per heavy atom. The van der Waals surface area contributed by atoms with Crippen molar-refractivity contribution in [3.63, 3.8) is 0 Å². The molecule has 2 atom stereocenters. The zero-order valence-corrected chi connectivity index (χ0v) is 12.4. The first-order chi connectivity index (χ1) is 8.63. The van der Waals surface area contributed by atoms with E-state index < -0.39 is 0 Å². The SMILES string of the molecule is CC(C)Sc1n[nH]c2c1CC1CN(C)CCC1C2. The van der Waals surface area contributed by atoms with Crippen LogP contribution in [-0.2, 0) is 12.8 Å². The number of piperidine rings is 1. The summed E-state index contributed by atoms with van der Waals surface area (Å²) in [7, 11) is 2.25. The van der Waals surface area contributed by atoms with Crippen molar-refractivity contribution >= 4 is 11.8 Å². The lowest BCUT2D eigenvalue weighted by molar-refractivity contribution is 0.133. The van der Waals surface area contributed by atoms with E-state index in [0.29, 0.717) is 5.25 Å². The van der Waals surface area contributed by atoms with Crippen molar-refractivity contribution in [1.82, 2.24) is 15.1 Å². The number of nitrogens with zero attached hydrogens (tertiary/aromatic N) is 2. The zero-order valence-electron chi connectivity index (χ0n) is 11.6. The Bertz CT molecular complexity index is 427. The molecular weight excluding hydrogens is 242 g/mol. The van der Waals surface area contributed by atoms with Crippen molar-refractivity contribution in [1.29, 1.82) is 0 Å². The van der Waals surface area contributed by atoms with Gasteiger partial charge in [0.05, 0.1) is 0 Å². The molecule has 2 heterocycles. The maximum atomic E-state index is 4.54. The predicted octanol–water partition coefficient (Wildman–Crippen LogP) is 2.58. The second-order valence-electron chi connectivity index (χ2n) is 6.13. The van der Waals surface area contributed by atoms with E-state index in [9.17, 15) is 0 Å². The van der Waals surface area contributed by atoms with E-state index >= 15 is 0 Å². The highest BCUT2D eigenvalue weighted by atomic mass is 32.2. The molecule has 1 fully saturated rings. The molecule has 0 saturated carbocycles. The number of hydrogen-bond acceptors (Lipinski definition) is 3. The number of fused-ring (bicyclic) bond motifs is 2. The van der Waals surface area contributed by atoms with E-state index in [1.54, 1.807) is 0 Å². The van der Waals surface area contributed by atoms with Crippen molar-refractivity contribution in [2.24, 2.45) is 11.8 Å². The lowest BCUT2D eigenvalue weighted by Crippen LogP contribution is -2.41. The third-order valence-electron chi connectivity index (χ3n) is 4.29. The summed E-state index contributed by atoms with van der Waals surface area (Å²) >= 11 is 1.90. The molecule has 4 heteroatoms. The lowest BCUT2D eigenvalue weighted by Gasteiger charge is -2.39. The Balaban J connectivity index is 1.82. The summed E-state index contributed by atoms with van der Waals surface area (Å²) in [6, 6.07) is 0. The first-order valence-electron chi connectivity index (χ1n) is 7.04. The quantitative estimate of drug-likeness (QED) is 0.834. The number of H-pyrrole nitrogens is 1. The van der Waals surface area contributed by atoms with Crippen LogP contribution in [0.4, 0.5) is 0 Å². The number of thioether (sulfide) groups is 1. The van der Waals surface area contributed by atoms with Gasteiger partial charge in [-0.2, -0.15) is 5.10 Å². The van der Waals surface area contributed by atoms with Crippen LogP contribution in [0.15, 0.2) is 5.03 Å². The fourth-order valence-electron chi connectivity index (χ4n) is 3.37. The molecule has 3 nitrogen and oxygen atoms in total. The highest BCUT2D eigenvalue weighted by molar-refractivity contribution is 7.99. The summed E-state index contributed by atoms with van der Waals surface area (Å²) in [6.07, 6.45) is 3.81. The smallest absolute Gasteiger partial charge is 0.122 e. The molecule has 0 bridgehead atoms. The van der Waals surface area contributed by atoms with Crippen molar-refractivity contribution in [3.05, 3.63) is 11.3 Å². The topological polar surface area (TPSA) is 31.9 Å². The minimum absolute atomic E-state index is 0.615. The molecule has 0 spiro atoms. The van der Waals surface area contributed by atoms with Gasteiger partial charge in [0.25, 0.3) is 0 Å². The van der Waals surface area contributed by atoms with Gasteiger partial charge in [-0.05, 0) is 44.7 Å². The van der Waals surface area contributed by atoms with E-state index in [0.717, 1.165) is 11.8 Å². The van der Waals surface area contributed by atoms with Crippen LogP contribution in [0.5, 0.6) is 0 Å². The van der Waals surface area contributed by atoms with Gasteiger partial charge in [0.1, 0.15) is 5.03 Å². The Hall–Kier alpha value is -0.480. The van der Waals surface area contributed by atoms with E-state index in [1.165, 1.54) is 48.6 Å². The van der Waals surface area contributed by atoms with Crippen molar-refractivity contribution < 1.29 is 0 Å². The fraction of sp³-hybridized carbons (Fsp3) is 0.786. The minimum atomic E-state index is 0.615. The van der Waals surface area contributed by atoms with Crippen LogP contribution < -0.4 is 0 Å². The summed E-state index contributed by atoms with van der Waals surface area (Å²) in [4.78, 5) is 2.49. The zero-order chi connectivity index (χ0) is 12.7. The average Bonchev–Trinajstić information content (AvgIpc) is 2.68. The van der Waals surface area contributed by atoms with Gasteiger partial charge in [0, 0.05) is 23.1 Å². The van der Waals surface area contributed by atoms with E-state index in [2.05, 4.69) is 36.0 Å². The predicted molar refractivity (Wildman–Crippen MR) is 76.1 cm³/mol. The number of nitrogens with one attached hydrogen (secondary N) is 1. The van der Waals surface area contributed by atoms with E-state index in [1.807, 2.05) is 11.8 Å². The largest absolute Gasteiger partial charge is 0.306 e. The highest BCUT2D eigenvalue weighted by Crippen LogP contribution is 2.38. The summed E-state index contributed by atoms with van der Waals surface area (Å²) in [5.41, 5.74) is 2.94. The van der Waals surface area contributed by atoms with Gasteiger partial charge in [-0.25, -0.2) is 0 Å². The van der Waals surface area contributed by atoms with Crippen LogP contribution >= 0.6 is 11.8 Å². The summed E-state index contributed by atoms with van der Waals surface area (Å²) < 4.78 is 0. The van der Waals surface area contributed by atoms with Crippen LogP contribution in [0.2, 0.25) is 0 Å². The van der Waals surface area contributed by atoms with Crippen LogP contribution in [0, 0.1) is 11.8 Å². The van der Waals surface area contributed by atoms with E-state index in [4.69, 9.17) is 0 Å². The second-order valence-corrected chi connectivity index (χ2v) is 7.70. The molecule has 1 aromatic heterocycles. The van der Waals surface area contributed by atoms with Gasteiger partial charge < -0.3 is 4.90 Å². The molecular formula is C14H23N3S. The molecule has 1 aliphatic heterocycles. The first kappa shape index (κ1) is 12.5. The molecule has 0 radical (unpaired) electrons. The Kier molecular flexibility index (Phi) is 3.41.